The predicted octanol–water partition coefficient (Wildman–Crippen LogP) is 5.26. The van der Waals surface area contributed by atoms with Crippen LogP contribution in [-0.2, 0) is 17.9 Å². The van der Waals surface area contributed by atoms with Gasteiger partial charge in [0.1, 0.15) is 0 Å². The molecular formula is C17H23NOS3. The lowest BCUT2D eigenvalue weighted by Crippen LogP contribution is -2.35. The normalized spacial score (nSPS) is 12.3. The second-order valence-electron chi connectivity index (χ2n) is 5.22. The molecule has 2 rings (SSSR count). The monoisotopic (exact) mass is 353 g/mol. The summed E-state index contributed by atoms with van der Waals surface area (Å²) < 4.78 is 0. The van der Waals surface area contributed by atoms with Gasteiger partial charge in [-0.15, -0.1) is 34.4 Å². The van der Waals surface area contributed by atoms with Crippen LogP contribution in [0.25, 0.3) is 0 Å². The Morgan fingerprint density at radius 2 is 1.77 bits per heavy atom. The molecule has 1 amide bonds. The summed E-state index contributed by atoms with van der Waals surface area (Å²) in [6.07, 6.45) is 2.36. The molecule has 2 nitrogen and oxygen atoms in total. The average Bonchev–Trinajstić information content (AvgIpc) is 3.19. The van der Waals surface area contributed by atoms with Crippen molar-refractivity contribution in [2.24, 2.45) is 0 Å². The molecule has 0 aliphatic heterocycles. The fourth-order valence-corrected chi connectivity index (χ4v) is 4.67. The Morgan fingerprint density at radius 3 is 2.23 bits per heavy atom. The predicted molar refractivity (Wildman–Crippen MR) is 99.7 cm³/mol. The van der Waals surface area contributed by atoms with Gasteiger partial charge in [-0.3, -0.25) is 4.79 Å². The molecule has 0 saturated carbocycles. The first kappa shape index (κ1) is 17.6. The smallest absolute Gasteiger partial charge is 0.236 e. The highest BCUT2D eigenvalue weighted by Crippen LogP contribution is 2.21. The molecule has 5 heteroatoms. The maximum absolute atomic E-state index is 12.8. The summed E-state index contributed by atoms with van der Waals surface area (Å²) in [5, 5.41) is 4.18. The zero-order chi connectivity index (χ0) is 15.8. The molecule has 0 aliphatic rings. The maximum Gasteiger partial charge on any atom is 0.236 e. The van der Waals surface area contributed by atoms with Gasteiger partial charge in [-0.1, -0.05) is 25.5 Å². The molecule has 0 aliphatic carbocycles. The maximum atomic E-state index is 12.8. The van der Waals surface area contributed by atoms with E-state index in [-0.39, 0.29) is 11.2 Å². The van der Waals surface area contributed by atoms with Gasteiger partial charge in [-0.2, -0.15) is 0 Å². The van der Waals surface area contributed by atoms with E-state index in [1.807, 2.05) is 24.0 Å². The minimum absolute atomic E-state index is 0.0338. The number of amides is 1. The molecule has 0 spiro atoms. The average molecular weight is 354 g/mol. The van der Waals surface area contributed by atoms with Crippen LogP contribution in [0.1, 0.15) is 36.4 Å². The van der Waals surface area contributed by atoms with E-state index < -0.39 is 0 Å². The van der Waals surface area contributed by atoms with E-state index in [1.165, 1.54) is 22.6 Å². The van der Waals surface area contributed by atoms with E-state index in [4.69, 9.17) is 0 Å². The topological polar surface area (TPSA) is 20.3 Å². The standard InChI is InChI=1S/C17H23NOS3/c1-3-4-9-20-14(2)17(19)18(12-15-7-5-10-21-15)13-16-8-6-11-22-16/h5-8,10-11,14H,3-4,9,12-13H2,1-2H3. The van der Waals surface area contributed by atoms with Crippen LogP contribution in [0.2, 0.25) is 0 Å². The van der Waals surface area contributed by atoms with Crippen LogP contribution in [0.4, 0.5) is 0 Å². The molecule has 0 fully saturated rings. The van der Waals surface area contributed by atoms with Crippen molar-refractivity contribution in [3.63, 3.8) is 0 Å². The van der Waals surface area contributed by atoms with Gasteiger partial charge >= 0.3 is 0 Å². The van der Waals surface area contributed by atoms with Crippen LogP contribution in [0, 0.1) is 0 Å². The number of thiophene rings is 2. The molecule has 2 aromatic rings. The molecule has 2 aromatic heterocycles. The van der Waals surface area contributed by atoms with Gasteiger partial charge in [0.15, 0.2) is 0 Å². The van der Waals surface area contributed by atoms with Crippen molar-refractivity contribution in [1.82, 2.24) is 4.90 Å². The first-order valence-corrected chi connectivity index (χ1v) is 10.5. The summed E-state index contributed by atoms with van der Waals surface area (Å²) in [7, 11) is 0. The number of hydrogen-bond donors (Lipinski definition) is 0. The third-order valence-electron chi connectivity index (χ3n) is 3.38. The number of carbonyl (C=O) groups is 1. The zero-order valence-corrected chi connectivity index (χ0v) is 15.6. The molecule has 1 atom stereocenters. The van der Waals surface area contributed by atoms with E-state index in [9.17, 15) is 4.79 Å². The zero-order valence-electron chi connectivity index (χ0n) is 13.2. The summed E-state index contributed by atoms with van der Waals surface area (Å²) in [5.41, 5.74) is 0. The lowest BCUT2D eigenvalue weighted by molar-refractivity contribution is -0.131. The minimum Gasteiger partial charge on any atom is -0.331 e. The third-order valence-corrected chi connectivity index (χ3v) is 6.33. The van der Waals surface area contributed by atoms with Crippen molar-refractivity contribution in [3.05, 3.63) is 44.8 Å². The van der Waals surface area contributed by atoms with Crippen LogP contribution in [0.15, 0.2) is 35.0 Å². The van der Waals surface area contributed by atoms with Crippen LogP contribution in [-0.4, -0.2) is 21.8 Å². The molecular weight excluding hydrogens is 330 g/mol. The van der Waals surface area contributed by atoms with E-state index >= 15 is 0 Å². The van der Waals surface area contributed by atoms with Gasteiger partial charge in [0, 0.05) is 9.75 Å². The van der Waals surface area contributed by atoms with E-state index in [0.717, 1.165) is 5.75 Å². The summed E-state index contributed by atoms with van der Waals surface area (Å²) in [5.74, 6) is 1.32. The van der Waals surface area contributed by atoms with Crippen molar-refractivity contribution in [2.75, 3.05) is 5.75 Å². The van der Waals surface area contributed by atoms with Crippen molar-refractivity contribution in [2.45, 2.75) is 45.0 Å². The van der Waals surface area contributed by atoms with Crippen LogP contribution in [0.5, 0.6) is 0 Å². The highest BCUT2D eigenvalue weighted by molar-refractivity contribution is 8.00. The Kier molecular flexibility index (Phi) is 7.49. The lowest BCUT2D eigenvalue weighted by atomic mass is 10.3. The molecule has 1 unspecified atom stereocenters. The van der Waals surface area contributed by atoms with E-state index in [2.05, 4.69) is 29.8 Å². The number of unbranched alkanes of at least 4 members (excludes halogenated alkanes) is 1. The Hall–Kier alpha value is -0.780. The summed E-state index contributed by atoms with van der Waals surface area (Å²) in [6.45, 7) is 5.66. The first-order chi connectivity index (χ1) is 10.7. The number of hydrogen-bond acceptors (Lipinski definition) is 4. The molecule has 22 heavy (non-hydrogen) atoms. The van der Waals surface area contributed by atoms with Gasteiger partial charge in [-0.05, 0) is 42.0 Å². The number of thioether (sulfide) groups is 1. The van der Waals surface area contributed by atoms with Crippen molar-refractivity contribution in [1.29, 1.82) is 0 Å². The second kappa shape index (κ2) is 9.38. The van der Waals surface area contributed by atoms with Gasteiger partial charge < -0.3 is 4.90 Å². The highest BCUT2D eigenvalue weighted by Gasteiger charge is 2.21. The quantitative estimate of drug-likeness (QED) is 0.573. The van der Waals surface area contributed by atoms with Crippen LogP contribution < -0.4 is 0 Å². The Bertz CT molecular complexity index is 500. The second-order valence-corrected chi connectivity index (χ2v) is 8.73. The summed E-state index contributed by atoms with van der Waals surface area (Å²) >= 11 is 5.21. The van der Waals surface area contributed by atoms with Gasteiger partial charge in [0.2, 0.25) is 5.91 Å². The van der Waals surface area contributed by atoms with Gasteiger partial charge in [-0.25, -0.2) is 0 Å². The number of rotatable bonds is 9. The van der Waals surface area contributed by atoms with Crippen molar-refractivity contribution in [3.8, 4) is 0 Å². The SMILES string of the molecule is CCCCSC(C)C(=O)N(Cc1cccs1)Cc1cccs1. The molecule has 0 bridgehead atoms. The fourth-order valence-electron chi connectivity index (χ4n) is 2.13. The van der Waals surface area contributed by atoms with Crippen LogP contribution in [0.3, 0.4) is 0 Å². The Labute approximate surface area is 145 Å². The number of carbonyl (C=O) groups excluding carboxylic acids is 1. The third kappa shape index (κ3) is 5.45. The first-order valence-electron chi connectivity index (χ1n) is 7.66. The molecule has 2 heterocycles. The van der Waals surface area contributed by atoms with Crippen molar-refractivity contribution >= 4 is 40.3 Å². The fraction of sp³-hybridized carbons (Fsp3) is 0.471. The van der Waals surface area contributed by atoms with Gasteiger partial charge in [0.25, 0.3) is 0 Å². The van der Waals surface area contributed by atoms with Crippen LogP contribution >= 0.6 is 34.4 Å². The number of nitrogens with zero attached hydrogens (tertiary/aromatic N) is 1. The molecule has 0 N–H and O–H groups in total. The molecule has 0 aromatic carbocycles. The Morgan fingerprint density at radius 1 is 1.18 bits per heavy atom. The van der Waals surface area contributed by atoms with Gasteiger partial charge in [0.05, 0.1) is 18.3 Å². The molecule has 0 saturated heterocycles. The van der Waals surface area contributed by atoms with E-state index in [0.29, 0.717) is 13.1 Å². The molecule has 120 valence electrons. The minimum atomic E-state index is 0.0338. The van der Waals surface area contributed by atoms with Crippen molar-refractivity contribution < 1.29 is 4.79 Å². The highest BCUT2D eigenvalue weighted by atomic mass is 32.2. The molecule has 0 radical (unpaired) electrons. The lowest BCUT2D eigenvalue weighted by Gasteiger charge is -2.25. The summed E-state index contributed by atoms with van der Waals surface area (Å²) in [4.78, 5) is 17.3. The largest absolute Gasteiger partial charge is 0.331 e. The van der Waals surface area contributed by atoms with E-state index in [1.54, 1.807) is 34.4 Å². The Balaban J connectivity index is 2.00. The summed E-state index contributed by atoms with van der Waals surface area (Å²) in [6, 6.07) is 8.31.